The monoisotopic (exact) mass is 417 g/mol. The fourth-order valence-corrected chi connectivity index (χ4v) is 3.72. The molecule has 3 rings (SSSR count). The van der Waals surface area contributed by atoms with Gasteiger partial charge in [-0.05, 0) is 36.4 Å². The van der Waals surface area contributed by atoms with E-state index >= 15 is 0 Å². The largest absolute Gasteiger partial charge is 0.335 e. The smallest absolute Gasteiger partial charge is 0.247 e. The fourth-order valence-electron chi connectivity index (χ4n) is 2.47. The van der Waals surface area contributed by atoms with Gasteiger partial charge in [-0.1, -0.05) is 45.9 Å². The second-order valence-electron chi connectivity index (χ2n) is 5.37. The van der Waals surface area contributed by atoms with Gasteiger partial charge in [-0.2, -0.15) is 0 Å². The molecule has 1 saturated heterocycles. The van der Waals surface area contributed by atoms with E-state index in [2.05, 4.69) is 26.2 Å². The quantitative estimate of drug-likeness (QED) is 0.467. The summed E-state index contributed by atoms with van der Waals surface area (Å²) in [5, 5.41) is 3.31. The highest BCUT2D eigenvalue weighted by Gasteiger charge is 2.40. The normalized spacial score (nSPS) is 17.9. The molecule has 25 heavy (non-hydrogen) atoms. The van der Waals surface area contributed by atoms with Crippen molar-refractivity contribution in [3.8, 4) is 0 Å². The molecule has 0 radical (unpaired) electrons. The summed E-state index contributed by atoms with van der Waals surface area (Å²) in [6.07, 6.45) is 0.166. The van der Waals surface area contributed by atoms with E-state index in [0.29, 0.717) is 10.9 Å². The first kappa shape index (κ1) is 17.7. The van der Waals surface area contributed by atoms with Gasteiger partial charge in [0.25, 0.3) is 0 Å². The predicted octanol–water partition coefficient (Wildman–Crippen LogP) is 3.91. The number of thioether (sulfide) groups is 1. The Kier molecular flexibility index (Phi) is 5.55. The summed E-state index contributed by atoms with van der Waals surface area (Å²) in [7, 11) is 1.66. The van der Waals surface area contributed by atoms with Crippen LogP contribution in [0.2, 0.25) is 0 Å². The van der Waals surface area contributed by atoms with Crippen molar-refractivity contribution >= 4 is 56.0 Å². The summed E-state index contributed by atoms with van der Waals surface area (Å²) in [5.74, 6) is -0.396. The van der Waals surface area contributed by atoms with Crippen LogP contribution in [0, 0.1) is 0 Å². The van der Waals surface area contributed by atoms with E-state index in [-0.39, 0.29) is 18.2 Å². The van der Waals surface area contributed by atoms with E-state index in [4.69, 9.17) is 0 Å². The molecule has 5 nitrogen and oxygen atoms in total. The number of hydrogen-bond acceptors (Lipinski definition) is 4. The molecule has 2 aromatic carbocycles. The average molecular weight is 418 g/mol. The lowest BCUT2D eigenvalue weighted by Crippen LogP contribution is -2.31. The number of amides is 2. The number of halogens is 1. The maximum absolute atomic E-state index is 12.7. The Morgan fingerprint density at radius 3 is 2.48 bits per heavy atom. The van der Waals surface area contributed by atoms with Gasteiger partial charge in [-0.3, -0.25) is 14.6 Å². The predicted molar refractivity (Wildman–Crippen MR) is 106 cm³/mol. The molecule has 0 aliphatic carbocycles. The number of amidine groups is 1. The highest BCUT2D eigenvalue weighted by atomic mass is 79.9. The Morgan fingerprint density at radius 2 is 1.84 bits per heavy atom. The van der Waals surface area contributed by atoms with E-state index in [1.807, 2.05) is 42.5 Å². The molecule has 1 unspecified atom stereocenters. The third kappa shape index (κ3) is 4.11. The third-order valence-electron chi connectivity index (χ3n) is 3.67. The minimum Gasteiger partial charge on any atom is -0.335 e. The standard InChI is InChI=1S/C18H16BrN3O2S/c1-20-18(21-13-9-7-12(19)8-10-13)25-15-11-16(23)22(17(15)24)14-5-3-2-4-6-14/h2-10,15H,11H2,1H3,(H,20,21). The van der Waals surface area contributed by atoms with Crippen molar-refractivity contribution in [2.24, 2.45) is 4.99 Å². The number of anilines is 2. The second kappa shape index (κ2) is 7.84. The second-order valence-corrected chi connectivity index (χ2v) is 7.48. The van der Waals surface area contributed by atoms with Gasteiger partial charge in [0, 0.05) is 23.6 Å². The molecule has 1 aliphatic rings. The number of rotatable bonds is 3. The number of aliphatic imine (C=N–C) groups is 1. The van der Waals surface area contributed by atoms with Gasteiger partial charge in [-0.25, -0.2) is 4.90 Å². The molecule has 1 aliphatic heterocycles. The molecule has 128 valence electrons. The molecule has 0 spiro atoms. The number of nitrogens with one attached hydrogen (secondary N) is 1. The number of imide groups is 1. The van der Waals surface area contributed by atoms with Crippen LogP contribution in [0.4, 0.5) is 11.4 Å². The van der Waals surface area contributed by atoms with Crippen molar-refractivity contribution in [1.29, 1.82) is 0 Å². The van der Waals surface area contributed by atoms with Gasteiger partial charge < -0.3 is 5.32 Å². The molecule has 0 bridgehead atoms. The summed E-state index contributed by atoms with van der Waals surface area (Å²) in [6.45, 7) is 0. The molecule has 1 fully saturated rings. The highest BCUT2D eigenvalue weighted by Crippen LogP contribution is 2.30. The zero-order chi connectivity index (χ0) is 17.8. The van der Waals surface area contributed by atoms with Crippen LogP contribution in [0.3, 0.4) is 0 Å². The number of hydrogen-bond donors (Lipinski definition) is 1. The molecule has 1 atom stereocenters. The van der Waals surface area contributed by atoms with Crippen LogP contribution in [-0.2, 0) is 9.59 Å². The summed E-state index contributed by atoms with van der Waals surface area (Å²) >= 11 is 4.67. The summed E-state index contributed by atoms with van der Waals surface area (Å²) in [6, 6.07) is 16.7. The summed E-state index contributed by atoms with van der Waals surface area (Å²) in [5.41, 5.74) is 1.48. The Balaban J connectivity index is 1.70. The number of benzene rings is 2. The van der Waals surface area contributed by atoms with Gasteiger partial charge in [0.15, 0.2) is 5.17 Å². The molecule has 1 heterocycles. The molecule has 2 amide bonds. The lowest BCUT2D eigenvalue weighted by Gasteiger charge is -2.15. The van der Waals surface area contributed by atoms with Crippen LogP contribution < -0.4 is 10.2 Å². The first-order valence-corrected chi connectivity index (χ1v) is 9.33. The van der Waals surface area contributed by atoms with Gasteiger partial charge >= 0.3 is 0 Å². The number of carbonyl (C=O) groups excluding carboxylic acids is 2. The average Bonchev–Trinajstić information content (AvgIpc) is 2.90. The first-order chi connectivity index (χ1) is 12.1. The van der Waals surface area contributed by atoms with Crippen LogP contribution in [-0.4, -0.2) is 29.3 Å². The van der Waals surface area contributed by atoms with E-state index < -0.39 is 5.25 Å². The van der Waals surface area contributed by atoms with Crippen molar-refractivity contribution < 1.29 is 9.59 Å². The molecule has 0 saturated carbocycles. The Labute approximate surface area is 158 Å². The van der Waals surface area contributed by atoms with Crippen molar-refractivity contribution in [3.05, 3.63) is 59.1 Å². The molecular weight excluding hydrogens is 402 g/mol. The van der Waals surface area contributed by atoms with Crippen LogP contribution in [0.5, 0.6) is 0 Å². The summed E-state index contributed by atoms with van der Waals surface area (Å²) in [4.78, 5) is 30.4. The van der Waals surface area contributed by atoms with Crippen molar-refractivity contribution in [1.82, 2.24) is 0 Å². The maximum atomic E-state index is 12.7. The third-order valence-corrected chi connectivity index (χ3v) is 5.36. The van der Waals surface area contributed by atoms with Crippen molar-refractivity contribution in [2.45, 2.75) is 11.7 Å². The van der Waals surface area contributed by atoms with Gasteiger partial charge in [-0.15, -0.1) is 0 Å². The van der Waals surface area contributed by atoms with Crippen LogP contribution in [0.15, 0.2) is 64.1 Å². The number of nitrogens with zero attached hydrogens (tertiary/aromatic N) is 2. The topological polar surface area (TPSA) is 61.8 Å². The fraction of sp³-hybridized carbons (Fsp3) is 0.167. The van der Waals surface area contributed by atoms with E-state index in [1.165, 1.54) is 16.7 Å². The van der Waals surface area contributed by atoms with E-state index in [1.54, 1.807) is 19.2 Å². The molecular formula is C18H16BrN3O2S. The van der Waals surface area contributed by atoms with Crippen LogP contribution in [0.25, 0.3) is 0 Å². The van der Waals surface area contributed by atoms with Gasteiger partial charge in [0.2, 0.25) is 11.8 Å². The zero-order valence-electron chi connectivity index (χ0n) is 13.5. The number of carbonyl (C=O) groups is 2. The number of para-hydroxylation sites is 1. The Morgan fingerprint density at radius 1 is 1.16 bits per heavy atom. The SMILES string of the molecule is CN=C(Nc1ccc(Br)cc1)SC1CC(=O)N(c2ccccc2)C1=O. The lowest BCUT2D eigenvalue weighted by molar-refractivity contribution is -0.121. The van der Waals surface area contributed by atoms with Gasteiger partial charge in [0.1, 0.15) is 5.25 Å². The van der Waals surface area contributed by atoms with Crippen LogP contribution >= 0.6 is 27.7 Å². The van der Waals surface area contributed by atoms with Gasteiger partial charge in [0.05, 0.1) is 5.69 Å². The minimum atomic E-state index is -0.477. The first-order valence-electron chi connectivity index (χ1n) is 7.66. The van der Waals surface area contributed by atoms with Crippen LogP contribution in [0.1, 0.15) is 6.42 Å². The highest BCUT2D eigenvalue weighted by molar-refractivity contribution is 9.10. The van der Waals surface area contributed by atoms with E-state index in [0.717, 1.165) is 10.2 Å². The summed E-state index contributed by atoms with van der Waals surface area (Å²) < 4.78 is 0.982. The molecule has 7 heteroatoms. The maximum Gasteiger partial charge on any atom is 0.247 e. The molecule has 0 aromatic heterocycles. The molecule has 2 aromatic rings. The zero-order valence-corrected chi connectivity index (χ0v) is 15.9. The Hall–Kier alpha value is -2.12. The van der Waals surface area contributed by atoms with E-state index in [9.17, 15) is 9.59 Å². The van der Waals surface area contributed by atoms with Crippen molar-refractivity contribution in [2.75, 3.05) is 17.3 Å². The minimum absolute atomic E-state index is 0.166. The lowest BCUT2D eigenvalue weighted by atomic mass is 10.3. The molecule has 1 N–H and O–H groups in total. The Bertz CT molecular complexity index is 809. The van der Waals surface area contributed by atoms with Crippen molar-refractivity contribution in [3.63, 3.8) is 0 Å².